The number of methoxy groups -OCH3 is 1. The average molecular weight is 302 g/mol. The van der Waals surface area contributed by atoms with Crippen molar-refractivity contribution in [1.29, 1.82) is 0 Å². The molecule has 1 unspecified atom stereocenters. The van der Waals surface area contributed by atoms with Gasteiger partial charge in [0.2, 0.25) is 0 Å². The van der Waals surface area contributed by atoms with Gasteiger partial charge in [0.05, 0.1) is 25.2 Å². The number of carbonyl (C=O) groups is 1. The third-order valence-electron chi connectivity index (χ3n) is 2.53. The Hall–Kier alpha value is -1.44. The summed E-state index contributed by atoms with van der Waals surface area (Å²) in [4.78, 5) is 11.1. The molecule has 0 saturated carbocycles. The van der Waals surface area contributed by atoms with Gasteiger partial charge in [-0.25, -0.2) is 4.79 Å². The van der Waals surface area contributed by atoms with Crippen LogP contribution in [0.25, 0.3) is 0 Å². The molecule has 0 N–H and O–H groups in total. The number of carbonyl (C=O) groups excluding carboxylic acids is 1. The van der Waals surface area contributed by atoms with E-state index in [-0.39, 0.29) is 18.1 Å². The zero-order valence-electron chi connectivity index (χ0n) is 11.7. The maximum atomic E-state index is 11.8. The molecule has 1 aromatic carbocycles. The van der Waals surface area contributed by atoms with Crippen molar-refractivity contribution in [2.24, 2.45) is 0 Å². The Morgan fingerprint density at radius 2 is 1.80 bits per heavy atom. The number of rotatable bonds is 7. The lowest BCUT2D eigenvalue weighted by Crippen LogP contribution is -2.24. The highest BCUT2D eigenvalue weighted by Crippen LogP contribution is 2.13. The monoisotopic (exact) mass is 302 g/mol. The Labute approximate surface area is 118 Å². The van der Waals surface area contributed by atoms with Crippen LogP contribution in [0.15, 0.2) is 29.2 Å². The fourth-order valence-electron chi connectivity index (χ4n) is 1.38. The van der Waals surface area contributed by atoms with E-state index in [9.17, 15) is 13.2 Å². The van der Waals surface area contributed by atoms with Crippen LogP contribution in [0.1, 0.15) is 12.5 Å². The fourth-order valence-corrected chi connectivity index (χ4v) is 2.27. The number of aryl methyl sites for hydroxylation is 1. The van der Waals surface area contributed by atoms with E-state index in [1.54, 1.807) is 12.1 Å². The van der Waals surface area contributed by atoms with Gasteiger partial charge in [0.1, 0.15) is 0 Å². The van der Waals surface area contributed by atoms with Crippen molar-refractivity contribution in [3.63, 3.8) is 0 Å². The van der Waals surface area contributed by atoms with Gasteiger partial charge in [-0.05, 0) is 26.0 Å². The molecule has 0 heterocycles. The molecular weight excluding hydrogens is 284 g/mol. The molecule has 0 bridgehead atoms. The first-order valence-corrected chi connectivity index (χ1v) is 7.43. The quantitative estimate of drug-likeness (QED) is 0.429. The lowest BCUT2D eigenvalue weighted by atomic mass is 10.2. The smallest absolute Gasteiger partial charge is 0.334 e. The molecule has 1 atom stereocenters. The molecule has 112 valence electrons. The maximum absolute atomic E-state index is 11.8. The second-order valence-corrected chi connectivity index (χ2v) is 5.74. The molecule has 20 heavy (non-hydrogen) atoms. The van der Waals surface area contributed by atoms with Gasteiger partial charge in [0.25, 0.3) is 10.1 Å². The summed E-state index contributed by atoms with van der Waals surface area (Å²) in [6, 6.07) is 6.32. The summed E-state index contributed by atoms with van der Waals surface area (Å²) in [5.41, 5.74) is 0.958. The molecule has 0 aromatic heterocycles. The van der Waals surface area contributed by atoms with Gasteiger partial charge in [-0.15, -0.1) is 0 Å². The van der Waals surface area contributed by atoms with Crippen LogP contribution in [0.4, 0.5) is 0 Å². The van der Waals surface area contributed by atoms with Gasteiger partial charge < -0.3 is 9.47 Å². The molecule has 1 rings (SSSR count). The van der Waals surface area contributed by atoms with Crippen LogP contribution >= 0.6 is 0 Å². The first-order chi connectivity index (χ1) is 9.36. The number of ether oxygens (including phenoxy) is 2. The molecule has 0 aliphatic rings. The van der Waals surface area contributed by atoms with Gasteiger partial charge >= 0.3 is 5.97 Å². The third-order valence-corrected chi connectivity index (χ3v) is 3.86. The number of benzene rings is 1. The lowest BCUT2D eigenvalue weighted by Gasteiger charge is -2.11. The molecule has 0 aliphatic heterocycles. The number of esters is 1. The molecule has 6 nitrogen and oxygen atoms in total. The van der Waals surface area contributed by atoms with E-state index < -0.39 is 22.2 Å². The van der Waals surface area contributed by atoms with Crippen LogP contribution in [0.2, 0.25) is 0 Å². The zero-order chi connectivity index (χ0) is 15.2. The van der Waals surface area contributed by atoms with E-state index in [0.29, 0.717) is 0 Å². The van der Waals surface area contributed by atoms with Crippen molar-refractivity contribution in [3.05, 3.63) is 29.8 Å². The van der Waals surface area contributed by atoms with E-state index in [1.165, 1.54) is 26.2 Å². The minimum atomic E-state index is -3.80. The normalized spacial score (nSPS) is 12.9. The molecule has 0 radical (unpaired) electrons. The maximum Gasteiger partial charge on any atom is 0.334 e. The van der Waals surface area contributed by atoms with Crippen molar-refractivity contribution in [2.75, 3.05) is 20.3 Å². The third kappa shape index (κ3) is 4.92. The van der Waals surface area contributed by atoms with Crippen molar-refractivity contribution < 1.29 is 26.9 Å². The summed E-state index contributed by atoms with van der Waals surface area (Å²) in [7, 11) is -2.55. The molecule has 0 saturated heterocycles. The van der Waals surface area contributed by atoms with Crippen molar-refractivity contribution in [2.45, 2.75) is 24.8 Å². The zero-order valence-corrected chi connectivity index (χ0v) is 12.5. The Morgan fingerprint density at radius 1 is 1.20 bits per heavy atom. The summed E-state index contributed by atoms with van der Waals surface area (Å²) >= 11 is 0. The first-order valence-electron chi connectivity index (χ1n) is 6.02. The molecular formula is C13H18O6S. The molecule has 1 aromatic rings. The van der Waals surface area contributed by atoms with Crippen molar-refractivity contribution in [3.8, 4) is 0 Å². The highest BCUT2D eigenvalue weighted by Gasteiger charge is 2.16. The SMILES string of the molecule is COC(=O)C(C)OCCOS(=O)(=O)c1ccc(C)cc1. The summed E-state index contributed by atoms with van der Waals surface area (Å²) in [5, 5.41) is 0. The van der Waals surface area contributed by atoms with Crippen LogP contribution in [0.3, 0.4) is 0 Å². The van der Waals surface area contributed by atoms with E-state index in [2.05, 4.69) is 4.74 Å². The van der Waals surface area contributed by atoms with E-state index in [1.807, 2.05) is 6.92 Å². The predicted molar refractivity (Wildman–Crippen MR) is 71.7 cm³/mol. The Bertz CT molecular complexity index is 534. The van der Waals surface area contributed by atoms with E-state index >= 15 is 0 Å². The summed E-state index contributed by atoms with van der Waals surface area (Å²) < 4.78 is 38.0. The van der Waals surface area contributed by atoms with Gasteiger partial charge in [0, 0.05) is 0 Å². The van der Waals surface area contributed by atoms with Gasteiger partial charge in [-0.1, -0.05) is 17.7 Å². The topological polar surface area (TPSA) is 78.9 Å². The highest BCUT2D eigenvalue weighted by atomic mass is 32.2. The van der Waals surface area contributed by atoms with Gasteiger partial charge in [-0.2, -0.15) is 8.42 Å². The minimum Gasteiger partial charge on any atom is -0.467 e. The molecule has 0 amide bonds. The van der Waals surface area contributed by atoms with Crippen LogP contribution in [-0.2, 0) is 28.6 Å². The minimum absolute atomic E-state index is 0.0264. The highest BCUT2D eigenvalue weighted by molar-refractivity contribution is 7.86. The second kappa shape index (κ2) is 7.37. The van der Waals surface area contributed by atoms with Crippen molar-refractivity contribution >= 4 is 16.1 Å². The largest absolute Gasteiger partial charge is 0.467 e. The van der Waals surface area contributed by atoms with Crippen LogP contribution < -0.4 is 0 Å². The van der Waals surface area contributed by atoms with E-state index in [0.717, 1.165) is 5.56 Å². The molecule has 0 fully saturated rings. The number of hydrogen-bond donors (Lipinski definition) is 0. The average Bonchev–Trinajstić information content (AvgIpc) is 2.43. The first kappa shape index (κ1) is 16.6. The molecule has 0 spiro atoms. The Balaban J connectivity index is 2.45. The Morgan fingerprint density at radius 3 is 2.35 bits per heavy atom. The summed E-state index contributed by atoms with van der Waals surface area (Å²) in [5.74, 6) is -0.522. The van der Waals surface area contributed by atoms with Gasteiger partial charge in [0.15, 0.2) is 6.10 Å². The number of hydrogen-bond acceptors (Lipinski definition) is 6. The van der Waals surface area contributed by atoms with Crippen LogP contribution in [-0.4, -0.2) is 40.8 Å². The predicted octanol–water partition coefficient (Wildman–Crippen LogP) is 1.28. The fraction of sp³-hybridized carbons (Fsp3) is 0.462. The molecule has 0 aliphatic carbocycles. The van der Waals surface area contributed by atoms with Gasteiger partial charge in [-0.3, -0.25) is 4.18 Å². The summed E-state index contributed by atoms with van der Waals surface area (Å²) in [6.07, 6.45) is -0.759. The van der Waals surface area contributed by atoms with Crippen molar-refractivity contribution in [1.82, 2.24) is 0 Å². The molecule has 7 heteroatoms. The second-order valence-electron chi connectivity index (χ2n) is 4.13. The van der Waals surface area contributed by atoms with E-state index in [4.69, 9.17) is 8.92 Å². The lowest BCUT2D eigenvalue weighted by molar-refractivity contribution is -0.153. The standard InChI is InChI=1S/C13H18O6S/c1-10-4-6-12(7-5-10)20(15,16)19-9-8-18-11(2)13(14)17-3/h4-7,11H,8-9H2,1-3H3. The summed E-state index contributed by atoms with van der Waals surface area (Å²) in [6.45, 7) is 3.18. The van der Waals surface area contributed by atoms with Crippen LogP contribution in [0.5, 0.6) is 0 Å². The van der Waals surface area contributed by atoms with Crippen LogP contribution in [0, 0.1) is 6.92 Å². The Kier molecular flexibility index (Phi) is 6.12.